The number of primary amides is 1. The summed E-state index contributed by atoms with van der Waals surface area (Å²) in [4.78, 5) is 27.5. The Kier molecular flexibility index (Phi) is 5.30. The number of hydrogen-bond donors (Lipinski definition) is 3. The molecule has 28 heavy (non-hydrogen) atoms. The van der Waals surface area contributed by atoms with Crippen LogP contribution in [-0.4, -0.2) is 33.1 Å². The predicted octanol–water partition coefficient (Wildman–Crippen LogP) is 2.14. The molecule has 2 amide bonds. The Balaban J connectivity index is 1.93. The molecule has 0 radical (unpaired) electrons. The van der Waals surface area contributed by atoms with E-state index in [1.165, 1.54) is 24.5 Å². The molecule has 4 N–H and O–H groups in total. The summed E-state index contributed by atoms with van der Waals surface area (Å²) in [5.74, 6) is -2.91. The van der Waals surface area contributed by atoms with Crippen molar-refractivity contribution in [2.24, 2.45) is 5.73 Å². The molecule has 0 bridgehead atoms. The minimum Gasteiger partial charge on any atom is -0.364 e. The monoisotopic (exact) mass is 386 g/mol. The molecule has 3 rings (SSSR count). The van der Waals surface area contributed by atoms with Crippen molar-refractivity contribution in [2.45, 2.75) is 6.92 Å². The van der Waals surface area contributed by atoms with Crippen LogP contribution in [0.25, 0.3) is 5.69 Å². The van der Waals surface area contributed by atoms with Crippen molar-refractivity contribution < 1.29 is 18.4 Å². The Morgan fingerprint density at radius 2 is 1.89 bits per heavy atom. The van der Waals surface area contributed by atoms with E-state index in [1.807, 2.05) is 0 Å². The van der Waals surface area contributed by atoms with Crippen LogP contribution in [0.1, 0.15) is 27.9 Å². The highest BCUT2D eigenvalue weighted by Gasteiger charge is 2.19. The van der Waals surface area contributed by atoms with Crippen LogP contribution in [0.4, 0.5) is 20.2 Å². The number of nitrogens with one attached hydrogen (secondary N) is 2. The first-order valence-electron chi connectivity index (χ1n) is 8.25. The number of carbonyl (C=O) groups is 2. The van der Waals surface area contributed by atoms with Crippen molar-refractivity contribution in [3.8, 4) is 5.69 Å². The van der Waals surface area contributed by atoms with E-state index in [4.69, 9.17) is 5.73 Å². The van der Waals surface area contributed by atoms with Crippen molar-refractivity contribution in [1.29, 1.82) is 0 Å². The number of hydrogen-bond acceptors (Lipinski definition) is 5. The number of para-hydroxylation sites is 1. The summed E-state index contributed by atoms with van der Waals surface area (Å²) in [5, 5.41) is 9.36. The Bertz CT molecular complexity index is 1010. The lowest BCUT2D eigenvalue weighted by Gasteiger charge is -2.06. The van der Waals surface area contributed by atoms with E-state index < -0.39 is 23.2 Å². The van der Waals surface area contributed by atoms with Crippen LogP contribution in [-0.2, 0) is 0 Å². The van der Waals surface area contributed by atoms with Crippen molar-refractivity contribution >= 4 is 23.2 Å². The van der Waals surface area contributed by atoms with Gasteiger partial charge in [-0.3, -0.25) is 9.59 Å². The summed E-state index contributed by atoms with van der Waals surface area (Å²) in [7, 11) is 0. The maximum atomic E-state index is 14.0. The normalized spacial score (nSPS) is 10.5. The van der Waals surface area contributed by atoms with Gasteiger partial charge in [0.15, 0.2) is 17.3 Å². The van der Waals surface area contributed by atoms with Gasteiger partial charge >= 0.3 is 0 Å². The van der Waals surface area contributed by atoms with Crippen LogP contribution in [0.2, 0.25) is 0 Å². The van der Waals surface area contributed by atoms with Gasteiger partial charge in [-0.15, -0.1) is 0 Å². The maximum absolute atomic E-state index is 14.0. The van der Waals surface area contributed by atoms with E-state index >= 15 is 0 Å². The average Bonchev–Trinajstić information content (AvgIpc) is 3.06. The third-order valence-corrected chi connectivity index (χ3v) is 3.73. The maximum Gasteiger partial charge on any atom is 0.271 e. The van der Waals surface area contributed by atoms with Crippen molar-refractivity contribution in [1.82, 2.24) is 20.1 Å². The van der Waals surface area contributed by atoms with Gasteiger partial charge in [0.25, 0.3) is 11.8 Å². The summed E-state index contributed by atoms with van der Waals surface area (Å²) in [5.41, 5.74) is 5.43. The largest absolute Gasteiger partial charge is 0.364 e. The standard InChI is InChI=1S/C18H16F2N6O2/c1-2-22-18(28)13-7-6-10(8-23-13)24-14-9-26(25-15(14)17(21)27)16-11(19)4-3-5-12(16)20/h3-9,24H,2H2,1H3,(H2,21,27)(H,22,28). The lowest BCUT2D eigenvalue weighted by atomic mass is 10.3. The molecule has 0 spiro atoms. The Morgan fingerprint density at radius 3 is 2.46 bits per heavy atom. The fourth-order valence-electron chi connectivity index (χ4n) is 2.48. The number of benzene rings is 1. The second kappa shape index (κ2) is 7.82. The second-order valence-corrected chi connectivity index (χ2v) is 5.69. The first-order valence-corrected chi connectivity index (χ1v) is 8.25. The van der Waals surface area contributed by atoms with E-state index in [2.05, 4.69) is 20.7 Å². The molecule has 144 valence electrons. The van der Waals surface area contributed by atoms with Gasteiger partial charge in [-0.25, -0.2) is 18.4 Å². The summed E-state index contributed by atoms with van der Waals surface area (Å²) >= 11 is 0. The highest BCUT2D eigenvalue weighted by molar-refractivity contribution is 5.97. The molecule has 0 aliphatic rings. The van der Waals surface area contributed by atoms with E-state index in [-0.39, 0.29) is 23.0 Å². The smallest absolute Gasteiger partial charge is 0.271 e. The Hall–Kier alpha value is -3.82. The Morgan fingerprint density at radius 1 is 1.18 bits per heavy atom. The van der Waals surface area contributed by atoms with E-state index in [0.717, 1.165) is 16.8 Å². The summed E-state index contributed by atoms with van der Waals surface area (Å²) in [6.45, 7) is 2.25. The van der Waals surface area contributed by atoms with Crippen molar-refractivity contribution in [3.63, 3.8) is 0 Å². The van der Waals surface area contributed by atoms with Crippen molar-refractivity contribution in [3.05, 3.63) is 65.7 Å². The third-order valence-electron chi connectivity index (χ3n) is 3.73. The van der Waals surface area contributed by atoms with Gasteiger partial charge in [-0.2, -0.15) is 5.10 Å². The number of amides is 2. The summed E-state index contributed by atoms with van der Waals surface area (Å²) < 4.78 is 28.9. The van der Waals surface area contributed by atoms with Crippen LogP contribution in [0.3, 0.4) is 0 Å². The first kappa shape index (κ1) is 19.0. The van der Waals surface area contributed by atoms with Crippen molar-refractivity contribution in [2.75, 3.05) is 11.9 Å². The zero-order chi connectivity index (χ0) is 20.3. The van der Waals surface area contributed by atoms with Gasteiger partial charge in [0.2, 0.25) is 0 Å². The van der Waals surface area contributed by atoms with Gasteiger partial charge in [0.1, 0.15) is 11.4 Å². The van der Waals surface area contributed by atoms with Gasteiger partial charge in [-0.1, -0.05) is 6.07 Å². The molecule has 0 saturated heterocycles. The lowest BCUT2D eigenvalue weighted by Crippen LogP contribution is -2.23. The molecule has 0 atom stereocenters. The molecular weight excluding hydrogens is 370 g/mol. The van der Waals surface area contributed by atoms with Gasteiger partial charge in [0, 0.05) is 6.54 Å². The quantitative estimate of drug-likeness (QED) is 0.600. The molecule has 1 aromatic carbocycles. The SMILES string of the molecule is CCNC(=O)c1ccc(Nc2cn(-c3c(F)cccc3F)nc2C(N)=O)cn1. The number of rotatable bonds is 6. The van der Waals surface area contributed by atoms with Crippen LogP contribution < -0.4 is 16.4 Å². The molecular formula is C18H16F2N6O2. The topological polar surface area (TPSA) is 115 Å². The zero-order valence-corrected chi connectivity index (χ0v) is 14.7. The predicted molar refractivity (Wildman–Crippen MR) is 97.5 cm³/mol. The molecule has 2 aromatic heterocycles. The molecule has 0 aliphatic carbocycles. The molecule has 3 aromatic rings. The summed E-state index contributed by atoms with van der Waals surface area (Å²) in [6.07, 6.45) is 2.61. The molecule has 2 heterocycles. The fourth-order valence-corrected chi connectivity index (χ4v) is 2.48. The highest BCUT2D eigenvalue weighted by Crippen LogP contribution is 2.24. The molecule has 0 unspecified atom stereocenters. The molecule has 8 nitrogen and oxygen atoms in total. The van der Waals surface area contributed by atoms with Gasteiger partial charge in [0.05, 0.1) is 23.8 Å². The number of aromatic nitrogens is 3. The van der Waals surface area contributed by atoms with Crippen LogP contribution in [0.15, 0.2) is 42.7 Å². The third kappa shape index (κ3) is 3.80. The average molecular weight is 386 g/mol. The number of nitrogens with two attached hydrogens (primary N) is 1. The zero-order valence-electron chi connectivity index (χ0n) is 14.7. The first-order chi connectivity index (χ1) is 13.4. The molecule has 0 fully saturated rings. The number of carbonyl (C=O) groups excluding carboxylic acids is 2. The molecule has 10 heteroatoms. The summed E-state index contributed by atoms with van der Waals surface area (Å²) in [6, 6.07) is 6.40. The minimum absolute atomic E-state index is 0.128. The lowest BCUT2D eigenvalue weighted by molar-refractivity contribution is 0.0949. The van der Waals surface area contributed by atoms with Crippen LogP contribution >= 0.6 is 0 Å². The Labute approximate surface area is 158 Å². The fraction of sp³-hybridized carbons (Fsp3) is 0.111. The van der Waals surface area contributed by atoms with Gasteiger partial charge in [-0.05, 0) is 31.2 Å². The number of halogens is 2. The minimum atomic E-state index is -0.884. The highest BCUT2D eigenvalue weighted by atomic mass is 19.1. The molecule has 0 saturated carbocycles. The molecule has 0 aliphatic heterocycles. The van der Waals surface area contributed by atoms with Crippen LogP contribution in [0.5, 0.6) is 0 Å². The van der Waals surface area contributed by atoms with E-state index in [9.17, 15) is 18.4 Å². The van der Waals surface area contributed by atoms with Gasteiger partial charge < -0.3 is 16.4 Å². The van der Waals surface area contributed by atoms with Crippen LogP contribution in [0, 0.1) is 11.6 Å². The number of anilines is 2. The van der Waals surface area contributed by atoms with E-state index in [0.29, 0.717) is 12.2 Å². The van der Waals surface area contributed by atoms with E-state index in [1.54, 1.807) is 13.0 Å². The number of nitrogens with zero attached hydrogens (tertiary/aromatic N) is 3. The second-order valence-electron chi connectivity index (χ2n) is 5.69. The number of pyridine rings is 1.